The van der Waals surface area contributed by atoms with Gasteiger partial charge in [-0.25, -0.2) is 0 Å². The van der Waals surface area contributed by atoms with E-state index in [2.05, 4.69) is 15.2 Å². The van der Waals surface area contributed by atoms with E-state index in [9.17, 15) is 8.78 Å². The van der Waals surface area contributed by atoms with E-state index < -0.39 is 6.61 Å². The Balaban J connectivity index is 1.79. The van der Waals surface area contributed by atoms with Gasteiger partial charge >= 0.3 is 6.61 Å². The van der Waals surface area contributed by atoms with Crippen LogP contribution in [0.25, 0.3) is 0 Å². The van der Waals surface area contributed by atoms with Crippen LogP contribution in [0, 0.1) is 0 Å². The van der Waals surface area contributed by atoms with E-state index in [0.29, 0.717) is 13.1 Å². The summed E-state index contributed by atoms with van der Waals surface area (Å²) in [6, 6.07) is 8.26. The molecule has 1 aromatic heterocycles. The number of aromatic nitrogens is 1. The van der Waals surface area contributed by atoms with E-state index in [1.165, 1.54) is 18.4 Å². The van der Waals surface area contributed by atoms with Crippen molar-refractivity contribution in [2.24, 2.45) is 0 Å². The first kappa shape index (κ1) is 12.5. The molecule has 0 fully saturated rings. The minimum atomic E-state index is -2.79. The van der Waals surface area contributed by atoms with Crippen molar-refractivity contribution in [3.05, 3.63) is 47.9 Å². The molecule has 0 amide bonds. The summed E-state index contributed by atoms with van der Waals surface area (Å²) < 4.78 is 32.8. The summed E-state index contributed by atoms with van der Waals surface area (Å²) in [6.07, 6.45) is 1.51. The van der Waals surface area contributed by atoms with E-state index in [-0.39, 0.29) is 5.75 Å². The van der Waals surface area contributed by atoms with Crippen molar-refractivity contribution in [1.29, 1.82) is 0 Å². The number of hydrogen-bond donors (Lipinski definition) is 1. The lowest BCUT2D eigenvalue weighted by Crippen LogP contribution is -2.12. The zero-order valence-electron chi connectivity index (χ0n) is 9.48. The molecule has 0 aliphatic heterocycles. The third-order valence-corrected chi connectivity index (χ3v) is 2.28. The van der Waals surface area contributed by atoms with Gasteiger partial charge in [0, 0.05) is 19.2 Å². The summed E-state index contributed by atoms with van der Waals surface area (Å²) in [7, 11) is 0. The summed E-state index contributed by atoms with van der Waals surface area (Å²) in [5.74, 6) is 0.158. The zero-order chi connectivity index (χ0) is 12.8. The van der Waals surface area contributed by atoms with Crippen LogP contribution in [0.4, 0.5) is 8.78 Å². The number of nitrogens with zero attached hydrogens (tertiary/aromatic N) is 1. The molecule has 1 aromatic carbocycles. The van der Waals surface area contributed by atoms with Crippen molar-refractivity contribution in [2.45, 2.75) is 19.7 Å². The molecule has 6 heteroatoms. The highest BCUT2D eigenvalue weighted by molar-refractivity contribution is 5.27. The molecule has 1 heterocycles. The molecule has 2 aromatic rings. The molecule has 0 spiro atoms. The molecule has 0 saturated carbocycles. The maximum Gasteiger partial charge on any atom is 0.387 e. The maximum absolute atomic E-state index is 11.9. The Morgan fingerprint density at radius 2 is 1.94 bits per heavy atom. The second-order valence-electron chi connectivity index (χ2n) is 3.62. The SMILES string of the molecule is FC(F)Oc1ccc(CNCc2ccon2)cc1. The predicted molar refractivity (Wildman–Crippen MR) is 60.1 cm³/mol. The fourth-order valence-electron chi connectivity index (χ4n) is 1.45. The van der Waals surface area contributed by atoms with Gasteiger partial charge in [0.2, 0.25) is 0 Å². The van der Waals surface area contributed by atoms with Crippen molar-refractivity contribution in [3.8, 4) is 5.75 Å². The van der Waals surface area contributed by atoms with Crippen molar-refractivity contribution >= 4 is 0 Å². The van der Waals surface area contributed by atoms with Crippen molar-refractivity contribution in [1.82, 2.24) is 10.5 Å². The van der Waals surface area contributed by atoms with E-state index in [1.54, 1.807) is 18.2 Å². The fourth-order valence-corrected chi connectivity index (χ4v) is 1.45. The van der Waals surface area contributed by atoms with Gasteiger partial charge in [-0.2, -0.15) is 8.78 Å². The molecule has 1 N–H and O–H groups in total. The van der Waals surface area contributed by atoms with Crippen LogP contribution in [0.2, 0.25) is 0 Å². The molecule has 4 nitrogen and oxygen atoms in total. The molecule has 0 aliphatic rings. The van der Waals surface area contributed by atoms with Crippen molar-refractivity contribution < 1.29 is 18.0 Å². The summed E-state index contributed by atoms with van der Waals surface area (Å²) in [4.78, 5) is 0. The monoisotopic (exact) mass is 254 g/mol. The topological polar surface area (TPSA) is 47.3 Å². The van der Waals surface area contributed by atoms with Crippen LogP contribution in [-0.4, -0.2) is 11.8 Å². The molecule has 18 heavy (non-hydrogen) atoms. The average Bonchev–Trinajstić information content (AvgIpc) is 2.84. The fraction of sp³-hybridized carbons (Fsp3) is 0.250. The van der Waals surface area contributed by atoms with E-state index >= 15 is 0 Å². The van der Waals surface area contributed by atoms with Crippen LogP contribution in [0.3, 0.4) is 0 Å². The lowest BCUT2D eigenvalue weighted by atomic mass is 10.2. The molecule has 0 atom stereocenters. The van der Waals surface area contributed by atoms with Crippen LogP contribution >= 0.6 is 0 Å². The third kappa shape index (κ3) is 3.81. The van der Waals surface area contributed by atoms with Gasteiger partial charge in [0.25, 0.3) is 0 Å². The van der Waals surface area contributed by atoms with Gasteiger partial charge in [0.1, 0.15) is 12.0 Å². The maximum atomic E-state index is 11.9. The number of halogens is 2. The van der Waals surface area contributed by atoms with Gasteiger partial charge in [0.05, 0.1) is 5.69 Å². The normalized spacial score (nSPS) is 10.8. The van der Waals surface area contributed by atoms with Gasteiger partial charge in [-0.05, 0) is 17.7 Å². The smallest absolute Gasteiger partial charge is 0.387 e. The number of alkyl halides is 2. The number of ether oxygens (including phenoxy) is 1. The summed E-state index contributed by atoms with van der Waals surface area (Å²) in [5.41, 5.74) is 1.78. The Bertz CT molecular complexity index is 457. The van der Waals surface area contributed by atoms with Gasteiger partial charge < -0.3 is 14.6 Å². The van der Waals surface area contributed by atoms with Crippen LogP contribution < -0.4 is 10.1 Å². The second kappa shape index (κ2) is 6.11. The molecule has 2 rings (SSSR count). The quantitative estimate of drug-likeness (QED) is 0.860. The Morgan fingerprint density at radius 1 is 1.17 bits per heavy atom. The van der Waals surface area contributed by atoms with Crippen LogP contribution in [0.5, 0.6) is 5.75 Å². The highest BCUT2D eigenvalue weighted by Gasteiger charge is 2.03. The Labute approximate surface area is 103 Å². The van der Waals surface area contributed by atoms with Gasteiger partial charge in [-0.15, -0.1) is 0 Å². The Morgan fingerprint density at radius 3 is 2.56 bits per heavy atom. The van der Waals surface area contributed by atoms with Gasteiger partial charge in [-0.3, -0.25) is 0 Å². The third-order valence-electron chi connectivity index (χ3n) is 2.28. The van der Waals surface area contributed by atoms with Crippen LogP contribution in [0.15, 0.2) is 41.1 Å². The molecular formula is C12H12F2N2O2. The summed E-state index contributed by atoms with van der Waals surface area (Å²) in [5, 5.41) is 6.91. The minimum Gasteiger partial charge on any atom is -0.435 e. The van der Waals surface area contributed by atoms with Crippen molar-refractivity contribution in [3.63, 3.8) is 0 Å². The number of rotatable bonds is 6. The second-order valence-corrected chi connectivity index (χ2v) is 3.62. The number of nitrogens with one attached hydrogen (secondary N) is 1. The summed E-state index contributed by atoms with van der Waals surface area (Å²) >= 11 is 0. The summed E-state index contributed by atoms with van der Waals surface area (Å²) in [6.45, 7) is -1.59. The lowest BCUT2D eigenvalue weighted by molar-refractivity contribution is -0.0498. The van der Waals surface area contributed by atoms with Crippen LogP contribution in [-0.2, 0) is 13.1 Å². The van der Waals surface area contributed by atoms with Crippen molar-refractivity contribution in [2.75, 3.05) is 0 Å². The Kier molecular flexibility index (Phi) is 4.25. The average molecular weight is 254 g/mol. The van der Waals surface area contributed by atoms with Gasteiger partial charge in [0.15, 0.2) is 0 Å². The van der Waals surface area contributed by atoms with Gasteiger partial charge in [-0.1, -0.05) is 17.3 Å². The molecular weight excluding hydrogens is 242 g/mol. The van der Waals surface area contributed by atoms with Crippen LogP contribution in [0.1, 0.15) is 11.3 Å². The first-order chi connectivity index (χ1) is 8.74. The molecule has 0 radical (unpaired) electrons. The highest BCUT2D eigenvalue weighted by Crippen LogP contribution is 2.14. The largest absolute Gasteiger partial charge is 0.435 e. The molecule has 0 aliphatic carbocycles. The minimum absolute atomic E-state index is 0.158. The standard InChI is InChI=1S/C12H12F2N2O2/c13-12(14)18-11-3-1-9(2-4-11)7-15-8-10-5-6-17-16-10/h1-6,12,15H,7-8H2. The highest BCUT2D eigenvalue weighted by atomic mass is 19.3. The predicted octanol–water partition coefficient (Wildman–Crippen LogP) is 2.57. The van der Waals surface area contributed by atoms with E-state index in [1.807, 2.05) is 0 Å². The molecule has 0 unspecified atom stereocenters. The number of benzene rings is 1. The lowest BCUT2D eigenvalue weighted by Gasteiger charge is -2.06. The zero-order valence-corrected chi connectivity index (χ0v) is 9.48. The van der Waals surface area contributed by atoms with E-state index in [4.69, 9.17) is 4.52 Å². The molecule has 0 saturated heterocycles. The molecule has 0 bridgehead atoms. The Hall–Kier alpha value is -1.95. The van der Waals surface area contributed by atoms with E-state index in [0.717, 1.165) is 11.3 Å². The molecule has 96 valence electrons. The first-order valence-electron chi connectivity index (χ1n) is 5.38. The number of hydrogen-bond acceptors (Lipinski definition) is 4. The first-order valence-corrected chi connectivity index (χ1v) is 5.38.